The number of carbonyl (C=O) groups is 3. The van der Waals surface area contributed by atoms with Gasteiger partial charge in [0, 0.05) is 101 Å². The van der Waals surface area contributed by atoms with Crippen molar-refractivity contribution in [2.45, 2.75) is 56.8 Å². The number of benzene rings is 2. The number of likely N-dealkylation sites (tertiary alicyclic amines) is 2. The molecule has 0 unspecified atom stereocenters. The minimum atomic E-state index is -1.36. The Morgan fingerprint density at radius 2 is 1.82 bits per heavy atom. The van der Waals surface area contributed by atoms with E-state index in [9.17, 15) is 19.5 Å². The van der Waals surface area contributed by atoms with Crippen LogP contribution >= 0.6 is 0 Å². The summed E-state index contributed by atoms with van der Waals surface area (Å²) in [6.45, 7) is 6.69. The van der Waals surface area contributed by atoms with Gasteiger partial charge >= 0.3 is 6.03 Å². The molecule has 0 bridgehead atoms. The number of pyridine rings is 1. The lowest BCUT2D eigenvalue weighted by molar-refractivity contribution is -0.619. The lowest BCUT2D eigenvalue weighted by Crippen LogP contribution is -2.91. The Labute approximate surface area is 347 Å². The molecule has 9 rings (SSSR count). The van der Waals surface area contributed by atoms with Crippen molar-refractivity contribution in [3.63, 3.8) is 0 Å². The molecule has 4 aromatic rings. The van der Waals surface area contributed by atoms with Crippen LogP contribution in [-0.4, -0.2) is 112 Å². The number of hydrogen-bond acceptors (Lipinski definition) is 10. The van der Waals surface area contributed by atoms with Crippen LogP contribution in [0.5, 0.6) is 5.75 Å². The number of halogens is 1. The summed E-state index contributed by atoms with van der Waals surface area (Å²) in [6.07, 6.45) is 8.14. The Balaban J connectivity index is 0.764. The molecule has 5 aliphatic heterocycles. The van der Waals surface area contributed by atoms with Crippen molar-refractivity contribution in [1.82, 2.24) is 35.0 Å². The summed E-state index contributed by atoms with van der Waals surface area (Å²) in [5.41, 5.74) is 16.4. The predicted molar refractivity (Wildman–Crippen MR) is 223 cm³/mol. The Bertz CT molecular complexity index is 2360. The van der Waals surface area contributed by atoms with E-state index < -0.39 is 11.7 Å². The number of ether oxygens (including phenoxy) is 1. The highest BCUT2D eigenvalue weighted by molar-refractivity contribution is 6.06. The average molecular weight is 820 g/mol. The number of quaternary nitrogens is 1. The van der Waals surface area contributed by atoms with Crippen molar-refractivity contribution in [2.75, 3.05) is 63.9 Å². The van der Waals surface area contributed by atoms with Crippen LogP contribution in [-0.2, 0) is 9.53 Å². The van der Waals surface area contributed by atoms with Crippen molar-refractivity contribution >= 4 is 40.3 Å². The lowest BCUT2D eigenvalue weighted by atomic mass is 9.91. The van der Waals surface area contributed by atoms with Gasteiger partial charge in [-0.3, -0.25) is 19.8 Å². The van der Waals surface area contributed by atoms with Crippen LogP contribution in [0, 0.1) is 6.92 Å². The number of para-hydroxylation sites is 1. The van der Waals surface area contributed by atoms with Crippen LogP contribution < -0.4 is 26.8 Å². The number of nitrogens with zero attached hydrogens (tertiary/aromatic N) is 6. The van der Waals surface area contributed by atoms with E-state index in [1.165, 1.54) is 0 Å². The summed E-state index contributed by atoms with van der Waals surface area (Å²) in [7, 11) is 0. The van der Waals surface area contributed by atoms with Crippen LogP contribution in [0.1, 0.15) is 71.3 Å². The van der Waals surface area contributed by atoms with Crippen molar-refractivity contribution in [1.29, 1.82) is 0 Å². The molecule has 0 saturated carbocycles. The smallest absolute Gasteiger partial charge is 0.328 e. The summed E-state index contributed by atoms with van der Waals surface area (Å²) in [5.74, 6) is 0.357. The molecular formula is C44H52FN10O5+. The minimum absolute atomic E-state index is 0.0934. The number of morpholine rings is 1. The number of nitrogens with one attached hydrogen (secondary N) is 2. The molecule has 15 nitrogen and oxygen atoms in total. The number of piperidine rings is 2. The van der Waals surface area contributed by atoms with Gasteiger partial charge in [0.2, 0.25) is 5.91 Å². The summed E-state index contributed by atoms with van der Waals surface area (Å²) in [5, 5.41) is 13.8. The van der Waals surface area contributed by atoms with Crippen LogP contribution in [0.2, 0.25) is 0 Å². The van der Waals surface area contributed by atoms with Gasteiger partial charge in [0.1, 0.15) is 23.2 Å². The number of imide groups is 1. The number of rotatable bonds is 8. The van der Waals surface area contributed by atoms with E-state index in [2.05, 4.69) is 31.3 Å². The van der Waals surface area contributed by atoms with Gasteiger partial charge in [-0.15, -0.1) is 0 Å². The van der Waals surface area contributed by atoms with E-state index in [1.807, 2.05) is 55.5 Å². The van der Waals surface area contributed by atoms with Gasteiger partial charge in [-0.1, -0.05) is 24.3 Å². The number of aromatic nitrogens is 2. The van der Waals surface area contributed by atoms with Gasteiger partial charge in [-0.25, -0.2) is 25.0 Å². The highest BCUT2D eigenvalue weighted by Crippen LogP contribution is 2.35. The van der Waals surface area contributed by atoms with E-state index in [4.69, 9.17) is 15.5 Å². The van der Waals surface area contributed by atoms with Crippen LogP contribution in [0.3, 0.4) is 0 Å². The van der Waals surface area contributed by atoms with Crippen molar-refractivity contribution in [2.24, 2.45) is 5.73 Å². The number of aromatic hydroxyl groups is 1. The summed E-state index contributed by atoms with van der Waals surface area (Å²) >= 11 is 0. The second-order valence-corrected chi connectivity index (χ2v) is 16.6. The van der Waals surface area contributed by atoms with Crippen LogP contribution in [0.25, 0.3) is 16.7 Å². The molecule has 7 N–H and O–H groups in total. The lowest BCUT2D eigenvalue weighted by Gasteiger charge is -2.41. The number of anilines is 1. The van der Waals surface area contributed by atoms with E-state index in [0.29, 0.717) is 81.4 Å². The molecule has 0 radical (unpaired) electrons. The van der Waals surface area contributed by atoms with Crippen molar-refractivity contribution < 1.29 is 34.0 Å². The van der Waals surface area contributed by atoms with Crippen LogP contribution in [0.4, 0.5) is 14.9 Å². The Morgan fingerprint density at radius 3 is 2.57 bits per heavy atom. The van der Waals surface area contributed by atoms with E-state index in [1.54, 1.807) is 33.6 Å². The molecule has 5 aliphatic rings. The van der Waals surface area contributed by atoms with Crippen molar-refractivity contribution in [3.05, 3.63) is 107 Å². The first-order valence-electron chi connectivity index (χ1n) is 20.9. The first-order valence-corrected chi connectivity index (χ1v) is 20.9. The third-order valence-corrected chi connectivity index (χ3v) is 12.7. The van der Waals surface area contributed by atoms with Gasteiger partial charge in [0.25, 0.3) is 5.91 Å². The zero-order chi connectivity index (χ0) is 41.5. The molecule has 314 valence electrons. The molecule has 7 heterocycles. The molecule has 0 spiro atoms. The third-order valence-electron chi connectivity index (χ3n) is 12.7. The van der Waals surface area contributed by atoms with Gasteiger partial charge < -0.3 is 34.8 Å². The number of phenols is 1. The van der Waals surface area contributed by atoms with Crippen molar-refractivity contribution in [3.8, 4) is 5.75 Å². The maximum atomic E-state index is 16.3. The monoisotopic (exact) mass is 819 g/mol. The number of fused-ring (bicyclic) bond motifs is 1. The molecule has 60 heavy (non-hydrogen) atoms. The Hall–Kier alpha value is -5.97. The van der Waals surface area contributed by atoms with Crippen LogP contribution in [0.15, 0.2) is 84.6 Å². The van der Waals surface area contributed by atoms with Gasteiger partial charge in [-0.05, 0) is 61.2 Å². The Morgan fingerprint density at radius 1 is 1.05 bits per heavy atom. The standard InChI is InChI=1S/C44H51FN10O5/c1-28-25-55(41-34(28)22-32(24-47-41)54-17-12-39(57)48-43(54)59)31-10-15-51(16-11-31)27-44(45)13-18-52(19-14-44)42(58)30-8-6-29(7-9-30)38-26-53(20-21-60-38)36-23-35(49-50-40(36)46)33-4-2-3-5-37(33)56/h2-9,22-25,31,38,49-50,56H,10-21,26-27,46H2,1H3,(H,48,57,59)/p+1/t38-/m0/s1. The van der Waals surface area contributed by atoms with Gasteiger partial charge in [0.15, 0.2) is 11.5 Å². The second-order valence-electron chi connectivity index (χ2n) is 16.6. The summed E-state index contributed by atoms with van der Waals surface area (Å²) < 4.78 is 24.7. The molecule has 16 heteroatoms. The fourth-order valence-corrected chi connectivity index (χ4v) is 9.27. The highest BCUT2D eigenvalue weighted by Gasteiger charge is 2.39. The number of nitrogens with two attached hydrogens (primary N) is 2. The molecule has 2 aromatic heterocycles. The number of amides is 4. The summed E-state index contributed by atoms with van der Waals surface area (Å²) in [4.78, 5) is 50.1. The van der Waals surface area contributed by atoms with E-state index >= 15 is 4.39 Å². The molecule has 2 aromatic carbocycles. The maximum absolute atomic E-state index is 16.3. The maximum Gasteiger partial charge on any atom is 0.328 e. The normalized spacial score (nSPS) is 21.9. The first kappa shape index (κ1) is 39.5. The number of carbonyl (C=O) groups excluding carboxylic acids is 3. The topological polar surface area (TPSA) is 178 Å². The molecule has 1 atom stereocenters. The van der Waals surface area contributed by atoms with E-state index in [-0.39, 0.29) is 36.1 Å². The highest BCUT2D eigenvalue weighted by atomic mass is 19.1. The number of phenolic OH excluding ortho intramolecular Hbond substituents is 1. The predicted octanol–water partition coefficient (Wildman–Crippen LogP) is 3.40. The first-order chi connectivity index (χ1) is 29.0. The quantitative estimate of drug-likeness (QED) is 0.166. The van der Waals surface area contributed by atoms with Gasteiger partial charge in [0.05, 0.1) is 29.8 Å². The second kappa shape index (κ2) is 16.2. The third kappa shape index (κ3) is 7.89. The molecule has 4 fully saturated rings. The SMILES string of the molecule is Cc1cn(C2CCN(CC3(F)CCN(C(=O)c4ccc([C@@H]5CN(C6=C(N)N[NH2+]C(c7ccccc7O)=C6)CCO5)cc4)CC3)CC2)c2ncc(N3CCC(=O)NC3=O)cc12. The van der Waals surface area contributed by atoms with Gasteiger partial charge in [-0.2, -0.15) is 0 Å². The fraction of sp³-hybridized carbons (Fsp3) is 0.409. The fourth-order valence-electron chi connectivity index (χ4n) is 9.27. The number of allylic oxidation sites excluding steroid dienone is 1. The largest absolute Gasteiger partial charge is 0.507 e. The number of alkyl halides is 1. The molecule has 4 amide bonds. The Kier molecular flexibility index (Phi) is 10.7. The number of hydrogen-bond donors (Lipinski definition) is 5. The molecule has 4 saturated heterocycles. The number of urea groups is 1. The van der Waals surface area contributed by atoms with E-state index in [0.717, 1.165) is 59.5 Å². The molecular weight excluding hydrogens is 768 g/mol. The summed E-state index contributed by atoms with van der Waals surface area (Å²) in [6, 6.07) is 16.5. The average Bonchev–Trinajstić information content (AvgIpc) is 3.59. The zero-order valence-corrected chi connectivity index (χ0v) is 33.8. The number of aryl methyl sites for hydroxylation is 1. The minimum Gasteiger partial charge on any atom is -0.507 e. The molecule has 0 aliphatic carbocycles. The zero-order valence-electron chi connectivity index (χ0n) is 33.8.